The highest BCUT2D eigenvalue weighted by Gasteiger charge is 2.39. The van der Waals surface area contributed by atoms with E-state index in [1.807, 2.05) is 0 Å². The molecular formula is C17H22N2O. The first-order valence-corrected chi connectivity index (χ1v) is 7.57. The minimum atomic E-state index is 0.311. The van der Waals surface area contributed by atoms with E-state index in [0.717, 1.165) is 19.4 Å². The van der Waals surface area contributed by atoms with E-state index in [-0.39, 0.29) is 0 Å². The van der Waals surface area contributed by atoms with Crippen molar-refractivity contribution in [3.8, 4) is 0 Å². The van der Waals surface area contributed by atoms with Gasteiger partial charge in [0.25, 0.3) is 0 Å². The van der Waals surface area contributed by atoms with Crippen LogP contribution in [0.4, 0.5) is 0 Å². The van der Waals surface area contributed by atoms with E-state index in [0.29, 0.717) is 24.5 Å². The highest BCUT2D eigenvalue weighted by molar-refractivity contribution is 5.89. The van der Waals surface area contributed by atoms with Gasteiger partial charge >= 0.3 is 0 Å². The number of fused-ring (bicyclic) bond motifs is 2. The topological polar surface area (TPSA) is 28.4 Å². The molecular weight excluding hydrogens is 248 g/mol. The van der Waals surface area contributed by atoms with E-state index >= 15 is 0 Å². The molecule has 106 valence electrons. The van der Waals surface area contributed by atoms with E-state index < -0.39 is 0 Å². The number of piperidine rings is 1. The number of hydrogen-bond donors (Lipinski definition) is 1. The van der Waals surface area contributed by atoms with Gasteiger partial charge in [0.05, 0.1) is 0 Å². The van der Waals surface area contributed by atoms with Crippen LogP contribution in [0.1, 0.15) is 23.5 Å². The van der Waals surface area contributed by atoms with Gasteiger partial charge in [0.2, 0.25) is 0 Å². The molecule has 2 aromatic rings. The molecule has 2 heterocycles. The van der Waals surface area contributed by atoms with Crippen LogP contribution < -0.4 is 0 Å². The number of aliphatic hydroxyl groups is 1. The fourth-order valence-electron chi connectivity index (χ4n) is 4.46. The van der Waals surface area contributed by atoms with Gasteiger partial charge in [-0.3, -0.25) is 0 Å². The molecule has 1 fully saturated rings. The van der Waals surface area contributed by atoms with Crippen molar-refractivity contribution < 1.29 is 5.11 Å². The van der Waals surface area contributed by atoms with Crippen molar-refractivity contribution in [2.45, 2.75) is 24.8 Å². The fraction of sp³-hybridized carbons (Fsp3) is 0.529. The molecule has 3 atom stereocenters. The Labute approximate surface area is 119 Å². The minimum Gasteiger partial charge on any atom is -0.396 e. The molecule has 3 unspecified atom stereocenters. The third kappa shape index (κ3) is 1.60. The summed E-state index contributed by atoms with van der Waals surface area (Å²) in [4.78, 5) is 2.46. The van der Waals surface area contributed by atoms with E-state index in [9.17, 15) is 5.11 Å². The molecule has 3 heteroatoms. The summed E-state index contributed by atoms with van der Waals surface area (Å²) in [6.07, 6.45) is 4.57. The average molecular weight is 270 g/mol. The van der Waals surface area contributed by atoms with Gasteiger partial charge in [-0.2, -0.15) is 0 Å². The summed E-state index contributed by atoms with van der Waals surface area (Å²) < 4.78 is 2.26. The van der Waals surface area contributed by atoms with Crippen LogP contribution in [-0.4, -0.2) is 40.8 Å². The molecule has 0 amide bonds. The maximum absolute atomic E-state index is 9.56. The number of nitrogens with zero attached hydrogens (tertiary/aromatic N) is 2. The number of likely N-dealkylation sites (N-methyl/N-ethyl adjacent to an activating group) is 1. The van der Waals surface area contributed by atoms with Gasteiger partial charge in [0, 0.05) is 49.3 Å². The van der Waals surface area contributed by atoms with E-state index in [1.54, 1.807) is 0 Å². The molecule has 0 radical (unpaired) electrons. The van der Waals surface area contributed by atoms with Crippen LogP contribution in [0.3, 0.4) is 0 Å². The van der Waals surface area contributed by atoms with E-state index in [2.05, 4.69) is 48.0 Å². The van der Waals surface area contributed by atoms with Crippen molar-refractivity contribution in [2.24, 2.45) is 13.0 Å². The lowest BCUT2D eigenvalue weighted by Gasteiger charge is -2.45. The molecule has 1 aliphatic heterocycles. The van der Waals surface area contributed by atoms with Crippen LogP contribution >= 0.6 is 0 Å². The lowest BCUT2D eigenvalue weighted by Crippen LogP contribution is -2.48. The Bertz CT molecular complexity index is 660. The zero-order valence-electron chi connectivity index (χ0n) is 12.2. The predicted octanol–water partition coefficient (Wildman–Crippen LogP) is 2.13. The molecule has 1 aromatic heterocycles. The van der Waals surface area contributed by atoms with Crippen LogP contribution in [0.5, 0.6) is 0 Å². The van der Waals surface area contributed by atoms with Crippen LogP contribution in [0.15, 0.2) is 24.4 Å². The number of aryl methyl sites for hydroxylation is 1. The Morgan fingerprint density at radius 2 is 2.15 bits per heavy atom. The smallest absolute Gasteiger partial charge is 0.0483 e. The first-order chi connectivity index (χ1) is 9.69. The third-order valence-corrected chi connectivity index (χ3v) is 5.38. The summed E-state index contributed by atoms with van der Waals surface area (Å²) in [5.41, 5.74) is 4.35. The first-order valence-electron chi connectivity index (χ1n) is 7.57. The van der Waals surface area contributed by atoms with Crippen LogP contribution in [0.25, 0.3) is 10.9 Å². The van der Waals surface area contributed by atoms with Crippen molar-refractivity contribution in [1.82, 2.24) is 9.47 Å². The largest absolute Gasteiger partial charge is 0.396 e. The van der Waals surface area contributed by atoms with Gasteiger partial charge in [0.15, 0.2) is 0 Å². The van der Waals surface area contributed by atoms with Crippen LogP contribution in [0, 0.1) is 5.92 Å². The number of aliphatic hydroxyl groups excluding tert-OH is 1. The summed E-state index contributed by atoms with van der Waals surface area (Å²) in [7, 11) is 4.36. The van der Waals surface area contributed by atoms with Gasteiger partial charge in [-0.25, -0.2) is 0 Å². The Kier molecular flexibility index (Phi) is 2.69. The zero-order chi connectivity index (χ0) is 13.9. The van der Waals surface area contributed by atoms with Crippen LogP contribution in [0.2, 0.25) is 0 Å². The first kappa shape index (κ1) is 12.4. The summed E-state index contributed by atoms with van der Waals surface area (Å²) >= 11 is 0. The third-order valence-electron chi connectivity index (χ3n) is 5.38. The normalized spacial score (nSPS) is 29.6. The maximum atomic E-state index is 9.56. The molecule has 2 aliphatic rings. The molecule has 1 aromatic carbocycles. The van der Waals surface area contributed by atoms with E-state index in [4.69, 9.17) is 0 Å². The fourth-order valence-corrected chi connectivity index (χ4v) is 4.46. The molecule has 20 heavy (non-hydrogen) atoms. The van der Waals surface area contributed by atoms with Gasteiger partial charge in [-0.1, -0.05) is 12.1 Å². The molecule has 0 saturated carbocycles. The van der Waals surface area contributed by atoms with Gasteiger partial charge in [-0.15, -0.1) is 0 Å². The monoisotopic (exact) mass is 270 g/mol. The van der Waals surface area contributed by atoms with Crippen molar-refractivity contribution in [3.63, 3.8) is 0 Å². The number of hydrogen-bond acceptors (Lipinski definition) is 2. The Balaban J connectivity index is 1.89. The average Bonchev–Trinajstić information content (AvgIpc) is 2.78. The number of rotatable bonds is 1. The highest BCUT2D eigenvalue weighted by Crippen LogP contribution is 2.44. The van der Waals surface area contributed by atoms with Gasteiger partial charge in [-0.05, 0) is 43.0 Å². The predicted molar refractivity (Wildman–Crippen MR) is 81.0 cm³/mol. The Morgan fingerprint density at radius 3 is 2.95 bits per heavy atom. The highest BCUT2D eigenvalue weighted by atomic mass is 16.3. The number of likely N-dealkylation sites (tertiary alicyclic amines) is 1. The van der Waals surface area contributed by atoms with Crippen LogP contribution in [-0.2, 0) is 13.5 Å². The summed E-state index contributed by atoms with van der Waals surface area (Å²) in [5, 5.41) is 11.0. The summed E-state index contributed by atoms with van der Waals surface area (Å²) in [6, 6.07) is 7.31. The number of benzene rings is 1. The summed E-state index contributed by atoms with van der Waals surface area (Å²) in [5.74, 6) is 0.992. The molecule has 1 aliphatic carbocycles. The Hall–Kier alpha value is -1.32. The lowest BCUT2D eigenvalue weighted by molar-refractivity contribution is 0.0772. The van der Waals surface area contributed by atoms with Gasteiger partial charge < -0.3 is 14.6 Å². The quantitative estimate of drug-likeness (QED) is 0.860. The second-order valence-electron chi connectivity index (χ2n) is 6.61. The molecule has 4 rings (SSSR count). The molecule has 0 bridgehead atoms. The van der Waals surface area contributed by atoms with Crippen molar-refractivity contribution in [1.29, 1.82) is 0 Å². The zero-order valence-corrected chi connectivity index (χ0v) is 12.2. The minimum absolute atomic E-state index is 0.311. The van der Waals surface area contributed by atoms with Crippen molar-refractivity contribution >= 4 is 10.9 Å². The molecule has 1 N–H and O–H groups in total. The van der Waals surface area contributed by atoms with Crippen molar-refractivity contribution in [3.05, 3.63) is 35.5 Å². The lowest BCUT2D eigenvalue weighted by atomic mass is 9.72. The Morgan fingerprint density at radius 1 is 1.30 bits per heavy atom. The second kappa shape index (κ2) is 4.34. The molecule has 1 saturated heterocycles. The second-order valence-corrected chi connectivity index (χ2v) is 6.61. The molecule has 3 nitrogen and oxygen atoms in total. The maximum Gasteiger partial charge on any atom is 0.0483 e. The van der Waals surface area contributed by atoms with Gasteiger partial charge in [0.1, 0.15) is 0 Å². The summed E-state index contributed by atoms with van der Waals surface area (Å²) in [6.45, 7) is 1.33. The standard InChI is InChI=1S/C17H22N2O/c1-18-8-11(10-20)6-14-13-4-3-5-15-17(13)12(7-16(14)18)9-19(15)2/h3-5,9,11,14,16,20H,6-8,10H2,1-2H3. The van der Waals surface area contributed by atoms with E-state index in [1.165, 1.54) is 22.0 Å². The SMILES string of the molecule is CN1CC(CO)CC2c3cccc4c3c(cn4C)CC21. The molecule has 0 spiro atoms. The van der Waals surface area contributed by atoms with Crippen molar-refractivity contribution in [2.75, 3.05) is 20.2 Å². The number of aromatic nitrogens is 1.